The monoisotopic (exact) mass is 430 g/mol. The highest BCUT2D eigenvalue weighted by Crippen LogP contribution is 2.34. The van der Waals surface area contributed by atoms with Crippen LogP contribution in [0, 0.1) is 6.92 Å². The number of morpholine rings is 1. The van der Waals surface area contributed by atoms with Crippen molar-refractivity contribution in [3.63, 3.8) is 0 Å². The van der Waals surface area contributed by atoms with Crippen LogP contribution in [0.5, 0.6) is 0 Å². The Kier molecular flexibility index (Phi) is 6.70. The number of alkyl halides is 3. The molecule has 0 aliphatic carbocycles. The number of carbonyl (C=O) groups excluding carboxylic acids is 2. The van der Waals surface area contributed by atoms with E-state index in [9.17, 15) is 22.8 Å². The highest BCUT2D eigenvalue weighted by Gasteiger charge is 2.33. The molecule has 0 unspecified atom stereocenters. The van der Waals surface area contributed by atoms with Gasteiger partial charge in [-0.3, -0.25) is 14.5 Å². The summed E-state index contributed by atoms with van der Waals surface area (Å²) in [6.45, 7) is 5.59. The maximum Gasteiger partial charge on any atom is 0.433 e. The van der Waals surface area contributed by atoms with Gasteiger partial charge in [-0.2, -0.15) is 13.2 Å². The van der Waals surface area contributed by atoms with E-state index in [1.807, 2.05) is 0 Å². The Morgan fingerprint density at radius 2 is 1.97 bits per heavy atom. The molecule has 0 atom stereocenters. The first-order valence-corrected chi connectivity index (χ1v) is 9.89. The Morgan fingerprint density at radius 3 is 2.66 bits per heavy atom. The maximum atomic E-state index is 12.8. The molecule has 0 bridgehead atoms. The summed E-state index contributed by atoms with van der Waals surface area (Å²) in [6, 6.07) is 2.21. The average Bonchev–Trinajstić information content (AvgIpc) is 3.02. The van der Waals surface area contributed by atoms with Crippen molar-refractivity contribution in [1.29, 1.82) is 0 Å². The van der Waals surface area contributed by atoms with Gasteiger partial charge in [0.15, 0.2) is 0 Å². The summed E-state index contributed by atoms with van der Waals surface area (Å²) >= 11 is 0.877. The number of thiophene rings is 1. The van der Waals surface area contributed by atoms with Crippen LogP contribution in [0.25, 0.3) is 10.2 Å². The van der Waals surface area contributed by atoms with E-state index in [-0.39, 0.29) is 22.2 Å². The molecule has 7 nitrogen and oxygen atoms in total. The van der Waals surface area contributed by atoms with E-state index in [1.165, 1.54) is 6.07 Å². The van der Waals surface area contributed by atoms with Gasteiger partial charge in [0.1, 0.15) is 10.5 Å². The van der Waals surface area contributed by atoms with Crippen LogP contribution < -0.4 is 10.6 Å². The van der Waals surface area contributed by atoms with Crippen LogP contribution in [0.4, 0.5) is 13.2 Å². The van der Waals surface area contributed by atoms with Crippen molar-refractivity contribution in [3.05, 3.63) is 28.3 Å². The van der Waals surface area contributed by atoms with E-state index in [2.05, 4.69) is 20.5 Å². The Hall–Kier alpha value is -2.24. The van der Waals surface area contributed by atoms with E-state index in [0.29, 0.717) is 37.3 Å². The molecule has 3 heterocycles. The number of halogens is 3. The summed E-state index contributed by atoms with van der Waals surface area (Å²) in [5.74, 6) is -0.842. The minimum Gasteiger partial charge on any atom is -0.379 e. The lowest BCUT2D eigenvalue weighted by Gasteiger charge is -2.26. The Morgan fingerprint density at radius 1 is 1.24 bits per heavy atom. The third-order valence-electron chi connectivity index (χ3n) is 4.56. The van der Waals surface area contributed by atoms with Crippen LogP contribution in [0.3, 0.4) is 0 Å². The molecule has 2 amide bonds. The Balaban J connectivity index is 1.54. The fraction of sp³-hybridized carbons (Fsp3) is 0.500. The number of hydrogen-bond donors (Lipinski definition) is 2. The maximum absolute atomic E-state index is 12.8. The summed E-state index contributed by atoms with van der Waals surface area (Å²) in [5, 5.41) is 5.73. The first-order chi connectivity index (χ1) is 13.8. The molecule has 29 heavy (non-hydrogen) atoms. The SMILES string of the molecule is Cc1c(C(=O)NCC(=O)NCCN2CCOCC2)sc2nc(C(F)(F)F)ccc12. The predicted molar refractivity (Wildman–Crippen MR) is 102 cm³/mol. The number of rotatable bonds is 6. The van der Waals surface area contributed by atoms with Gasteiger partial charge >= 0.3 is 6.18 Å². The van der Waals surface area contributed by atoms with Crippen molar-refractivity contribution < 1.29 is 27.5 Å². The number of aromatic nitrogens is 1. The molecule has 0 spiro atoms. The smallest absolute Gasteiger partial charge is 0.379 e. The molecule has 1 aliphatic heterocycles. The number of nitrogens with zero attached hydrogens (tertiary/aromatic N) is 2. The largest absolute Gasteiger partial charge is 0.433 e. The Labute approximate surface area is 169 Å². The quantitative estimate of drug-likeness (QED) is 0.730. The first kappa shape index (κ1) is 21.5. The van der Waals surface area contributed by atoms with Crippen LogP contribution in [0.15, 0.2) is 12.1 Å². The van der Waals surface area contributed by atoms with Gasteiger partial charge in [-0.05, 0) is 24.6 Å². The standard InChI is InChI=1S/C18H21F3N4O3S/c1-11-12-2-3-13(18(19,20)21)24-17(12)29-15(11)16(27)23-10-14(26)22-4-5-25-6-8-28-9-7-25/h2-3H,4-10H2,1H3,(H,22,26)(H,23,27). The normalized spacial score (nSPS) is 15.4. The number of nitrogens with one attached hydrogen (secondary N) is 2. The summed E-state index contributed by atoms with van der Waals surface area (Å²) in [4.78, 5) is 30.5. The molecule has 2 aromatic heterocycles. The number of carbonyl (C=O) groups is 2. The number of aryl methyl sites for hydroxylation is 1. The third kappa shape index (κ3) is 5.43. The van der Waals surface area contributed by atoms with Crippen molar-refractivity contribution in [2.45, 2.75) is 13.1 Å². The van der Waals surface area contributed by atoms with Crippen LogP contribution in [-0.2, 0) is 15.7 Å². The van der Waals surface area contributed by atoms with E-state index in [1.54, 1.807) is 6.92 Å². The van der Waals surface area contributed by atoms with Crippen LogP contribution in [0.1, 0.15) is 20.9 Å². The molecule has 0 aromatic carbocycles. The summed E-state index contributed by atoms with van der Waals surface area (Å²) < 4.78 is 43.7. The fourth-order valence-electron chi connectivity index (χ4n) is 2.96. The zero-order valence-corrected chi connectivity index (χ0v) is 16.6. The molecule has 0 saturated carbocycles. The molecule has 1 fully saturated rings. The average molecular weight is 430 g/mol. The summed E-state index contributed by atoms with van der Waals surface area (Å²) in [7, 11) is 0. The fourth-order valence-corrected chi connectivity index (χ4v) is 4.05. The van der Waals surface area contributed by atoms with Crippen molar-refractivity contribution in [1.82, 2.24) is 20.5 Å². The molecule has 11 heteroatoms. The van der Waals surface area contributed by atoms with Crippen molar-refractivity contribution in [3.8, 4) is 0 Å². The zero-order valence-electron chi connectivity index (χ0n) is 15.8. The third-order valence-corrected chi connectivity index (χ3v) is 5.76. The molecular formula is C18H21F3N4O3S. The highest BCUT2D eigenvalue weighted by atomic mass is 32.1. The van der Waals surface area contributed by atoms with Gasteiger partial charge in [-0.15, -0.1) is 11.3 Å². The van der Waals surface area contributed by atoms with Crippen LogP contribution in [-0.4, -0.2) is 67.6 Å². The number of amides is 2. The molecule has 3 rings (SSSR count). The van der Waals surface area contributed by atoms with Gasteiger partial charge in [-0.1, -0.05) is 0 Å². The van der Waals surface area contributed by atoms with Crippen molar-refractivity contribution >= 4 is 33.4 Å². The van der Waals surface area contributed by atoms with E-state index in [4.69, 9.17) is 4.74 Å². The second-order valence-electron chi connectivity index (χ2n) is 6.59. The van der Waals surface area contributed by atoms with Crippen molar-refractivity contribution in [2.24, 2.45) is 0 Å². The number of hydrogen-bond acceptors (Lipinski definition) is 6. The van der Waals surface area contributed by atoms with Gasteiger partial charge < -0.3 is 15.4 Å². The molecular weight excluding hydrogens is 409 g/mol. The van der Waals surface area contributed by atoms with E-state index < -0.39 is 17.8 Å². The highest BCUT2D eigenvalue weighted by molar-refractivity contribution is 7.20. The van der Waals surface area contributed by atoms with Gasteiger partial charge in [0.05, 0.1) is 24.6 Å². The van der Waals surface area contributed by atoms with Gasteiger partial charge in [0.2, 0.25) is 5.91 Å². The lowest BCUT2D eigenvalue weighted by atomic mass is 10.2. The molecule has 2 aromatic rings. The molecule has 158 valence electrons. The van der Waals surface area contributed by atoms with E-state index >= 15 is 0 Å². The van der Waals surface area contributed by atoms with Crippen LogP contribution in [0.2, 0.25) is 0 Å². The zero-order chi connectivity index (χ0) is 21.0. The van der Waals surface area contributed by atoms with Crippen LogP contribution >= 0.6 is 11.3 Å². The Bertz CT molecular complexity index is 894. The lowest BCUT2D eigenvalue weighted by molar-refractivity contribution is -0.140. The number of pyridine rings is 1. The van der Waals surface area contributed by atoms with Gasteiger partial charge in [0, 0.05) is 31.6 Å². The molecule has 0 radical (unpaired) electrons. The first-order valence-electron chi connectivity index (χ1n) is 9.08. The number of ether oxygens (including phenoxy) is 1. The number of fused-ring (bicyclic) bond motifs is 1. The molecule has 1 saturated heterocycles. The van der Waals surface area contributed by atoms with Crippen molar-refractivity contribution in [2.75, 3.05) is 45.9 Å². The van der Waals surface area contributed by atoms with E-state index in [0.717, 1.165) is 30.5 Å². The van der Waals surface area contributed by atoms with Gasteiger partial charge in [-0.25, -0.2) is 4.98 Å². The topological polar surface area (TPSA) is 83.6 Å². The second-order valence-corrected chi connectivity index (χ2v) is 7.59. The minimum atomic E-state index is -4.55. The predicted octanol–water partition coefficient (Wildman–Crippen LogP) is 1.80. The second kappa shape index (κ2) is 9.06. The summed E-state index contributed by atoms with van der Waals surface area (Å²) in [6.07, 6.45) is -4.55. The minimum absolute atomic E-state index is 0.137. The lowest BCUT2D eigenvalue weighted by Crippen LogP contribution is -2.43. The van der Waals surface area contributed by atoms with Gasteiger partial charge in [0.25, 0.3) is 5.91 Å². The molecule has 1 aliphatic rings. The molecule has 2 N–H and O–H groups in total. The summed E-state index contributed by atoms with van der Waals surface area (Å²) in [5.41, 5.74) is -0.464.